The van der Waals surface area contributed by atoms with Crippen molar-refractivity contribution in [3.05, 3.63) is 22.5 Å². The van der Waals surface area contributed by atoms with Crippen LogP contribution in [-0.2, 0) is 16.0 Å². The van der Waals surface area contributed by atoms with Crippen LogP contribution in [0.4, 0.5) is 5.95 Å². The van der Waals surface area contributed by atoms with Crippen LogP contribution in [0, 0.1) is 0 Å². The van der Waals surface area contributed by atoms with Gasteiger partial charge in [-0.05, 0) is 6.07 Å². The number of nitrogens with one attached hydrogen (secondary N) is 1. The van der Waals surface area contributed by atoms with E-state index < -0.39 is 6.29 Å². The predicted octanol–water partition coefficient (Wildman–Crippen LogP) is 0.318. The van der Waals surface area contributed by atoms with E-state index in [-0.39, 0.29) is 18.1 Å². The van der Waals surface area contributed by atoms with Gasteiger partial charge in [0.05, 0.1) is 31.7 Å². The summed E-state index contributed by atoms with van der Waals surface area (Å²) in [5.41, 5.74) is 2.55. The van der Waals surface area contributed by atoms with Gasteiger partial charge in [0.25, 0.3) is 5.56 Å². The highest BCUT2D eigenvalue weighted by molar-refractivity contribution is 5.82. The van der Waals surface area contributed by atoms with Gasteiger partial charge in [-0.15, -0.1) is 0 Å². The SMILES string of the molecule is COc1cc2nc(NN)n(CC(OC)OC)c(=O)c2cc1OC. The Kier molecular flexibility index (Phi) is 5.37. The molecule has 126 valence electrons. The van der Waals surface area contributed by atoms with Crippen molar-refractivity contribution < 1.29 is 18.9 Å². The number of anilines is 1. The van der Waals surface area contributed by atoms with Crippen LogP contribution >= 0.6 is 0 Å². The van der Waals surface area contributed by atoms with Crippen molar-refractivity contribution in [2.75, 3.05) is 33.9 Å². The quantitative estimate of drug-likeness (QED) is 0.426. The summed E-state index contributed by atoms with van der Waals surface area (Å²) in [7, 11) is 5.97. The predicted molar refractivity (Wildman–Crippen MR) is 84.7 cm³/mol. The van der Waals surface area contributed by atoms with Crippen LogP contribution in [0.2, 0.25) is 0 Å². The molecule has 0 fully saturated rings. The van der Waals surface area contributed by atoms with E-state index in [9.17, 15) is 4.79 Å². The first kappa shape index (κ1) is 17.0. The average molecular weight is 324 g/mol. The standard InChI is InChI=1S/C14H20N4O5/c1-20-10-5-8-9(6-11(10)21-2)16-14(17-15)18(13(8)19)7-12(22-3)23-4/h5-6,12H,7,15H2,1-4H3,(H,16,17). The van der Waals surface area contributed by atoms with Crippen molar-refractivity contribution in [1.29, 1.82) is 0 Å². The number of nitrogens with two attached hydrogens (primary N) is 1. The zero-order chi connectivity index (χ0) is 17.0. The molecule has 2 aromatic rings. The van der Waals surface area contributed by atoms with Crippen molar-refractivity contribution in [2.24, 2.45) is 5.84 Å². The van der Waals surface area contributed by atoms with Gasteiger partial charge >= 0.3 is 0 Å². The molecule has 0 aliphatic carbocycles. The summed E-state index contributed by atoms with van der Waals surface area (Å²) >= 11 is 0. The van der Waals surface area contributed by atoms with E-state index >= 15 is 0 Å². The van der Waals surface area contributed by atoms with Gasteiger partial charge in [0.1, 0.15) is 0 Å². The highest BCUT2D eigenvalue weighted by Crippen LogP contribution is 2.30. The molecule has 0 aliphatic heterocycles. The zero-order valence-electron chi connectivity index (χ0n) is 13.5. The van der Waals surface area contributed by atoms with Gasteiger partial charge in [-0.2, -0.15) is 0 Å². The first-order chi connectivity index (χ1) is 11.1. The lowest BCUT2D eigenvalue weighted by Crippen LogP contribution is -2.32. The molecule has 2 rings (SSSR count). The second-order valence-electron chi connectivity index (χ2n) is 4.62. The molecule has 0 saturated heterocycles. The van der Waals surface area contributed by atoms with Gasteiger partial charge in [0, 0.05) is 20.3 Å². The summed E-state index contributed by atoms with van der Waals surface area (Å²) in [6, 6.07) is 3.19. The second-order valence-corrected chi connectivity index (χ2v) is 4.62. The largest absolute Gasteiger partial charge is 0.493 e. The minimum Gasteiger partial charge on any atom is -0.493 e. The molecule has 0 aliphatic rings. The highest BCUT2D eigenvalue weighted by Gasteiger charge is 2.17. The smallest absolute Gasteiger partial charge is 0.263 e. The number of hydrogen-bond acceptors (Lipinski definition) is 8. The lowest BCUT2D eigenvalue weighted by Gasteiger charge is -2.18. The third-order valence-electron chi connectivity index (χ3n) is 3.45. The monoisotopic (exact) mass is 324 g/mol. The van der Waals surface area contributed by atoms with E-state index in [0.717, 1.165) is 0 Å². The average Bonchev–Trinajstić information content (AvgIpc) is 2.59. The molecule has 1 heterocycles. The number of methoxy groups -OCH3 is 4. The fourth-order valence-corrected chi connectivity index (χ4v) is 2.22. The molecule has 0 spiro atoms. The lowest BCUT2D eigenvalue weighted by atomic mass is 10.2. The first-order valence-electron chi connectivity index (χ1n) is 6.78. The highest BCUT2D eigenvalue weighted by atomic mass is 16.7. The Labute approximate surface area is 132 Å². The van der Waals surface area contributed by atoms with Gasteiger partial charge < -0.3 is 18.9 Å². The minimum absolute atomic E-state index is 0.128. The van der Waals surface area contributed by atoms with Crippen molar-refractivity contribution in [1.82, 2.24) is 9.55 Å². The Bertz CT molecular complexity index is 742. The van der Waals surface area contributed by atoms with Crippen LogP contribution in [0.25, 0.3) is 10.9 Å². The number of benzene rings is 1. The van der Waals surface area contributed by atoms with Crippen LogP contribution in [0.15, 0.2) is 16.9 Å². The summed E-state index contributed by atoms with van der Waals surface area (Å²) < 4.78 is 22.0. The van der Waals surface area contributed by atoms with Crippen LogP contribution < -0.4 is 26.3 Å². The van der Waals surface area contributed by atoms with Crippen molar-refractivity contribution >= 4 is 16.9 Å². The molecule has 23 heavy (non-hydrogen) atoms. The van der Waals surface area contributed by atoms with Crippen molar-refractivity contribution in [2.45, 2.75) is 12.8 Å². The fraction of sp³-hybridized carbons (Fsp3) is 0.429. The Morgan fingerprint density at radius 3 is 2.30 bits per heavy atom. The lowest BCUT2D eigenvalue weighted by molar-refractivity contribution is -0.111. The van der Waals surface area contributed by atoms with E-state index in [1.165, 1.54) is 33.0 Å². The molecule has 0 radical (unpaired) electrons. The van der Waals surface area contributed by atoms with Gasteiger partial charge in [-0.25, -0.2) is 10.8 Å². The molecule has 0 saturated carbocycles. The number of hydrogen-bond donors (Lipinski definition) is 2. The number of nitrogens with zero attached hydrogens (tertiary/aromatic N) is 2. The summed E-state index contributed by atoms with van der Waals surface area (Å²) in [5, 5.41) is 0.368. The first-order valence-corrected chi connectivity index (χ1v) is 6.78. The van der Waals surface area contributed by atoms with Gasteiger partial charge in [0.2, 0.25) is 5.95 Å². The number of ether oxygens (including phenoxy) is 4. The van der Waals surface area contributed by atoms with Crippen LogP contribution in [0.5, 0.6) is 11.5 Å². The van der Waals surface area contributed by atoms with Crippen molar-refractivity contribution in [3.8, 4) is 11.5 Å². The molecule has 9 nitrogen and oxygen atoms in total. The number of nitrogen functional groups attached to an aromatic ring is 1. The molecule has 0 bridgehead atoms. The molecule has 9 heteroatoms. The Morgan fingerprint density at radius 1 is 1.17 bits per heavy atom. The third-order valence-corrected chi connectivity index (χ3v) is 3.45. The Hall–Kier alpha value is -2.36. The van der Waals surface area contributed by atoms with E-state index in [1.807, 2.05) is 0 Å². The van der Waals surface area contributed by atoms with Crippen LogP contribution in [-0.4, -0.2) is 44.3 Å². The van der Waals surface area contributed by atoms with Gasteiger partial charge in [-0.3, -0.25) is 14.8 Å². The molecule has 1 aromatic heterocycles. The maximum absolute atomic E-state index is 12.8. The Morgan fingerprint density at radius 2 is 1.78 bits per heavy atom. The zero-order valence-corrected chi connectivity index (χ0v) is 13.5. The second kappa shape index (κ2) is 7.27. The maximum atomic E-state index is 12.8. The minimum atomic E-state index is -0.612. The maximum Gasteiger partial charge on any atom is 0.263 e. The molecule has 0 atom stereocenters. The molecule has 3 N–H and O–H groups in total. The number of rotatable bonds is 7. The van der Waals surface area contributed by atoms with Crippen LogP contribution in [0.3, 0.4) is 0 Å². The van der Waals surface area contributed by atoms with Crippen LogP contribution in [0.1, 0.15) is 0 Å². The normalized spacial score (nSPS) is 11.0. The molecular weight excluding hydrogens is 304 g/mol. The fourth-order valence-electron chi connectivity index (χ4n) is 2.22. The van der Waals surface area contributed by atoms with Crippen molar-refractivity contribution in [3.63, 3.8) is 0 Å². The van der Waals surface area contributed by atoms with Gasteiger partial charge in [-0.1, -0.05) is 0 Å². The topological polar surface area (TPSA) is 110 Å². The molecule has 0 unspecified atom stereocenters. The van der Waals surface area contributed by atoms with E-state index in [0.29, 0.717) is 22.4 Å². The number of hydrazine groups is 1. The Balaban J connectivity index is 2.68. The molecule has 0 amide bonds. The van der Waals surface area contributed by atoms with E-state index in [2.05, 4.69) is 10.4 Å². The molecular formula is C14H20N4O5. The summed E-state index contributed by atoms with van der Waals surface area (Å²) in [4.78, 5) is 17.1. The van der Waals surface area contributed by atoms with E-state index in [4.69, 9.17) is 24.8 Å². The number of aromatic nitrogens is 2. The molecule has 1 aromatic carbocycles. The third kappa shape index (κ3) is 3.21. The van der Waals surface area contributed by atoms with E-state index in [1.54, 1.807) is 12.1 Å². The summed E-state index contributed by atoms with van der Waals surface area (Å²) in [6.07, 6.45) is -0.612. The van der Waals surface area contributed by atoms with Gasteiger partial charge in [0.15, 0.2) is 17.8 Å². The summed E-state index contributed by atoms with van der Waals surface area (Å²) in [5.74, 6) is 6.59. The number of fused-ring (bicyclic) bond motifs is 1. The summed E-state index contributed by atoms with van der Waals surface area (Å²) in [6.45, 7) is 0.128.